The Balaban J connectivity index is 1.55. The predicted octanol–water partition coefficient (Wildman–Crippen LogP) is 4.63. The van der Waals surface area contributed by atoms with Gasteiger partial charge in [-0.1, -0.05) is 36.4 Å². The minimum absolute atomic E-state index is 0.290. The minimum Gasteiger partial charge on any atom is -0.497 e. The maximum Gasteiger partial charge on any atom is 0.258 e. The molecular weight excluding hydrogens is 416 g/mol. The number of hydrogen-bond acceptors (Lipinski definition) is 4. The molecule has 0 aliphatic carbocycles. The molecule has 168 valence electrons. The van der Waals surface area contributed by atoms with Gasteiger partial charge in [-0.25, -0.2) is 0 Å². The van der Waals surface area contributed by atoms with Gasteiger partial charge >= 0.3 is 0 Å². The number of guanidine groups is 1. The van der Waals surface area contributed by atoms with E-state index in [0.717, 1.165) is 11.9 Å². The summed E-state index contributed by atoms with van der Waals surface area (Å²) in [6.45, 7) is 0.484. The number of para-hydroxylation sites is 3. The average Bonchev–Trinajstić information content (AvgIpc) is 3.27. The highest BCUT2D eigenvalue weighted by molar-refractivity contribution is 6.10. The van der Waals surface area contributed by atoms with Crippen molar-refractivity contribution in [2.45, 2.75) is 6.42 Å². The number of H-pyrrole nitrogens is 1. The molecule has 7 heteroatoms. The summed E-state index contributed by atoms with van der Waals surface area (Å²) in [5.41, 5.74) is 3.44. The van der Waals surface area contributed by atoms with Gasteiger partial charge in [0.1, 0.15) is 11.5 Å². The van der Waals surface area contributed by atoms with Crippen LogP contribution in [0, 0.1) is 0 Å². The molecule has 7 nitrogen and oxygen atoms in total. The first-order chi connectivity index (χ1) is 16.2. The SMILES string of the molecule is COc1cccc(C(=O)NC(=NCCc2c[nH]c3ccccc23)Nc2ccccc2OC)c1. The molecule has 3 aromatic carbocycles. The molecule has 4 rings (SSSR count). The van der Waals surface area contributed by atoms with E-state index >= 15 is 0 Å². The Hall–Kier alpha value is -4.26. The largest absolute Gasteiger partial charge is 0.497 e. The highest BCUT2D eigenvalue weighted by Crippen LogP contribution is 2.23. The second kappa shape index (κ2) is 10.4. The van der Waals surface area contributed by atoms with E-state index in [0.29, 0.717) is 35.3 Å². The van der Waals surface area contributed by atoms with E-state index in [2.05, 4.69) is 26.7 Å². The average molecular weight is 443 g/mol. The normalized spacial score (nSPS) is 11.3. The summed E-state index contributed by atoms with van der Waals surface area (Å²) in [5.74, 6) is 1.31. The summed E-state index contributed by atoms with van der Waals surface area (Å²) in [6.07, 6.45) is 2.72. The molecular formula is C26H26N4O3. The molecule has 0 fully saturated rings. The third-order valence-electron chi connectivity index (χ3n) is 5.25. The van der Waals surface area contributed by atoms with Gasteiger partial charge in [-0.15, -0.1) is 0 Å². The zero-order chi connectivity index (χ0) is 23.0. The fourth-order valence-corrected chi connectivity index (χ4v) is 3.56. The second-order valence-electron chi connectivity index (χ2n) is 7.35. The Morgan fingerprint density at radius 1 is 0.970 bits per heavy atom. The fourth-order valence-electron chi connectivity index (χ4n) is 3.56. The number of rotatable bonds is 7. The maximum atomic E-state index is 12.9. The van der Waals surface area contributed by atoms with Crippen LogP contribution in [0.2, 0.25) is 0 Å². The van der Waals surface area contributed by atoms with E-state index in [1.54, 1.807) is 38.5 Å². The van der Waals surface area contributed by atoms with Crippen molar-refractivity contribution < 1.29 is 14.3 Å². The lowest BCUT2D eigenvalue weighted by Gasteiger charge is -2.14. The summed E-state index contributed by atoms with van der Waals surface area (Å²) in [7, 11) is 3.17. The van der Waals surface area contributed by atoms with Crippen LogP contribution in [-0.4, -0.2) is 37.6 Å². The van der Waals surface area contributed by atoms with Crippen molar-refractivity contribution in [2.75, 3.05) is 26.1 Å². The van der Waals surface area contributed by atoms with Gasteiger partial charge in [0.05, 0.1) is 19.9 Å². The van der Waals surface area contributed by atoms with Crippen molar-refractivity contribution >= 4 is 28.5 Å². The number of anilines is 1. The van der Waals surface area contributed by atoms with Crippen LogP contribution in [-0.2, 0) is 6.42 Å². The summed E-state index contributed by atoms with van der Waals surface area (Å²) < 4.78 is 10.7. The number of nitrogens with zero attached hydrogens (tertiary/aromatic N) is 1. The fraction of sp³-hybridized carbons (Fsp3) is 0.154. The van der Waals surface area contributed by atoms with E-state index in [4.69, 9.17) is 9.47 Å². The number of fused-ring (bicyclic) bond motifs is 1. The molecule has 0 atom stereocenters. The number of aromatic amines is 1. The van der Waals surface area contributed by atoms with Crippen LogP contribution >= 0.6 is 0 Å². The molecule has 0 spiro atoms. The van der Waals surface area contributed by atoms with Gasteiger partial charge in [0.2, 0.25) is 5.96 Å². The number of methoxy groups -OCH3 is 2. The van der Waals surface area contributed by atoms with Crippen LogP contribution in [0.4, 0.5) is 5.69 Å². The van der Waals surface area contributed by atoms with Gasteiger partial charge in [0.15, 0.2) is 0 Å². The Morgan fingerprint density at radius 3 is 2.64 bits per heavy atom. The molecule has 0 unspecified atom stereocenters. The lowest BCUT2D eigenvalue weighted by atomic mass is 10.1. The lowest BCUT2D eigenvalue weighted by Crippen LogP contribution is -2.36. The van der Waals surface area contributed by atoms with Gasteiger partial charge < -0.3 is 19.8 Å². The number of aliphatic imine (C=N–C) groups is 1. The number of amides is 1. The van der Waals surface area contributed by atoms with E-state index in [9.17, 15) is 4.79 Å². The molecule has 1 aromatic heterocycles. The predicted molar refractivity (Wildman–Crippen MR) is 131 cm³/mol. The minimum atomic E-state index is -0.290. The molecule has 0 bridgehead atoms. The zero-order valence-electron chi connectivity index (χ0n) is 18.6. The molecule has 0 saturated carbocycles. The summed E-state index contributed by atoms with van der Waals surface area (Å²) in [6, 6.07) is 22.6. The van der Waals surface area contributed by atoms with Gasteiger partial charge in [-0.05, 0) is 48.4 Å². The molecule has 1 heterocycles. The first-order valence-electron chi connectivity index (χ1n) is 10.6. The van der Waals surface area contributed by atoms with E-state index in [-0.39, 0.29) is 5.91 Å². The number of carbonyl (C=O) groups excluding carboxylic acids is 1. The second-order valence-corrected chi connectivity index (χ2v) is 7.35. The Morgan fingerprint density at radius 2 is 1.79 bits per heavy atom. The highest BCUT2D eigenvalue weighted by atomic mass is 16.5. The number of nitrogens with one attached hydrogen (secondary N) is 3. The Labute approximate surface area is 192 Å². The molecule has 0 aliphatic heterocycles. The molecule has 33 heavy (non-hydrogen) atoms. The zero-order valence-corrected chi connectivity index (χ0v) is 18.6. The van der Waals surface area contributed by atoms with Crippen molar-refractivity contribution in [2.24, 2.45) is 4.99 Å². The van der Waals surface area contributed by atoms with Crippen LogP contribution in [0.25, 0.3) is 10.9 Å². The van der Waals surface area contributed by atoms with Crippen molar-refractivity contribution in [1.29, 1.82) is 0 Å². The van der Waals surface area contributed by atoms with Gasteiger partial charge in [0, 0.05) is 29.2 Å². The highest BCUT2D eigenvalue weighted by Gasteiger charge is 2.12. The third-order valence-corrected chi connectivity index (χ3v) is 5.25. The molecule has 4 aromatic rings. The molecule has 0 aliphatic rings. The molecule has 1 amide bonds. The van der Waals surface area contributed by atoms with Crippen molar-refractivity contribution in [3.8, 4) is 11.5 Å². The molecule has 0 saturated heterocycles. The summed E-state index contributed by atoms with van der Waals surface area (Å²) >= 11 is 0. The van der Waals surface area contributed by atoms with Gasteiger partial charge in [0.25, 0.3) is 5.91 Å². The number of carbonyl (C=O) groups is 1. The topological polar surface area (TPSA) is 87.7 Å². The first kappa shape index (κ1) is 22.0. The smallest absolute Gasteiger partial charge is 0.258 e. The lowest BCUT2D eigenvalue weighted by molar-refractivity contribution is 0.0976. The standard InChI is InChI=1S/C26H26N4O3/c1-32-20-9-7-8-18(16-20)25(31)30-26(29-23-12-5-6-13-24(23)33-2)27-15-14-19-17-28-22-11-4-3-10-21(19)22/h3-13,16-17,28H,14-15H2,1-2H3,(H2,27,29,30,31). The van der Waals surface area contributed by atoms with Crippen molar-refractivity contribution in [3.63, 3.8) is 0 Å². The number of hydrogen-bond donors (Lipinski definition) is 3. The van der Waals surface area contributed by atoms with E-state index in [1.807, 2.05) is 48.7 Å². The van der Waals surface area contributed by atoms with E-state index < -0.39 is 0 Å². The first-order valence-corrected chi connectivity index (χ1v) is 10.6. The van der Waals surface area contributed by atoms with Crippen LogP contribution < -0.4 is 20.1 Å². The van der Waals surface area contributed by atoms with Crippen LogP contribution in [0.15, 0.2) is 84.0 Å². The van der Waals surface area contributed by atoms with Crippen LogP contribution in [0.5, 0.6) is 11.5 Å². The van der Waals surface area contributed by atoms with Crippen molar-refractivity contribution in [3.05, 3.63) is 90.1 Å². The Kier molecular flexibility index (Phi) is 6.90. The van der Waals surface area contributed by atoms with Crippen LogP contribution in [0.1, 0.15) is 15.9 Å². The summed E-state index contributed by atoms with van der Waals surface area (Å²) in [4.78, 5) is 20.9. The molecule has 0 radical (unpaired) electrons. The van der Waals surface area contributed by atoms with Crippen LogP contribution in [0.3, 0.4) is 0 Å². The Bertz CT molecular complexity index is 1280. The quantitative estimate of drug-likeness (QED) is 0.288. The number of benzene rings is 3. The van der Waals surface area contributed by atoms with Gasteiger partial charge in [-0.2, -0.15) is 0 Å². The van der Waals surface area contributed by atoms with E-state index in [1.165, 1.54) is 10.9 Å². The maximum absolute atomic E-state index is 12.9. The summed E-state index contributed by atoms with van der Waals surface area (Å²) in [5, 5.41) is 7.26. The third kappa shape index (κ3) is 5.33. The monoisotopic (exact) mass is 442 g/mol. The number of aromatic nitrogens is 1. The molecule has 3 N–H and O–H groups in total. The van der Waals surface area contributed by atoms with Crippen molar-refractivity contribution in [1.82, 2.24) is 10.3 Å². The van der Waals surface area contributed by atoms with Gasteiger partial charge in [-0.3, -0.25) is 15.1 Å². The number of ether oxygens (including phenoxy) is 2.